The van der Waals surface area contributed by atoms with Gasteiger partial charge >= 0.3 is 0 Å². The predicted molar refractivity (Wildman–Crippen MR) is 101 cm³/mol. The van der Waals surface area contributed by atoms with E-state index in [-0.39, 0.29) is 29.7 Å². The van der Waals surface area contributed by atoms with E-state index in [4.69, 9.17) is 11.6 Å². The van der Waals surface area contributed by atoms with Gasteiger partial charge in [-0.3, -0.25) is 19.3 Å². The molecule has 1 aromatic carbocycles. The summed E-state index contributed by atoms with van der Waals surface area (Å²) in [6.07, 6.45) is 1.67. The van der Waals surface area contributed by atoms with E-state index in [0.29, 0.717) is 17.3 Å². The number of imide groups is 1. The third-order valence-corrected chi connectivity index (χ3v) is 6.70. The molecule has 7 heteroatoms. The second kappa shape index (κ2) is 6.31. The molecular weight excluding hydrogens is 366 g/mol. The van der Waals surface area contributed by atoms with Crippen LogP contribution in [0.4, 0.5) is 5.69 Å². The van der Waals surface area contributed by atoms with Gasteiger partial charge < -0.3 is 10.6 Å². The van der Waals surface area contributed by atoms with Crippen LogP contribution in [0.15, 0.2) is 18.2 Å². The number of likely N-dealkylation sites (tertiary alicyclic amines) is 1. The molecule has 2 saturated heterocycles. The second-order valence-electron chi connectivity index (χ2n) is 8.16. The molecule has 4 atom stereocenters. The fourth-order valence-electron chi connectivity index (χ4n) is 5.08. The second-order valence-corrected chi connectivity index (χ2v) is 8.57. The number of rotatable bonds is 4. The van der Waals surface area contributed by atoms with E-state index in [0.717, 1.165) is 18.4 Å². The van der Waals surface area contributed by atoms with Crippen LogP contribution < -0.4 is 10.6 Å². The van der Waals surface area contributed by atoms with Gasteiger partial charge in [0.05, 0.1) is 10.7 Å². The molecule has 3 aliphatic heterocycles. The highest BCUT2D eigenvalue weighted by molar-refractivity contribution is 6.35. The van der Waals surface area contributed by atoms with Crippen molar-refractivity contribution in [3.05, 3.63) is 28.8 Å². The number of nitrogens with two attached hydrogens (primary N) is 1. The lowest BCUT2D eigenvalue weighted by Gasteiger charge is -2.27. The average Bonchev–Trinajstić information content (AvgIpc) is 3.21. The van der Waals surface area contributed by atoms with Crippen LogP contribution in [0.3, 0.4) is 0 Å². The van der Waals surface area contributed by atoms with Gasteiger partial charge in [-0.25, -0.2) is 0 Å². The number of amides is 3. The lowest BCUT2D eigenvalue weighted by Crippen LogP contribution is -2.99. The number of benzene rings is 1. The summed E-state index contributed by atoms with van der Waals surface area (Å²) in [7, 11) is 0. The van der Waals surface area contributed by atoms with Crippen molar-refractivity contribution in [1.29, 1.82) is 0 Å². The summed E-state index contributed by atoms with van der Waals surface area (Å²) in [5.41, 5.74) is 0.167. The van der Waals surface area contributed by atoms with Gasteiger partial charge in [-0.2, -0.15) is 0 Å². The lowest BCUT2D eigenvalue weighted by atomic mass is 9.76. The van der Waals surface area contributed by atoms with Gasteiger partial charge in [-0.15, -0.1) is 0 Å². The summed E-state index contributed by atoms with van der Waals surface area (Å²) in [5, 5.41) is 5.29. The van der Waals surface area contributed by atoms with Gasteiger partial charge in [0.1, 0.15) is 17.9 Å². The van der Waals surface area contributed by atoms with E-state index in [2.05, 4.69) is 5.32 Å². The molecule has 6 nitrogen and oxygen atoms in total. The maximum atomic E-state index is 13.3. The number of halogens is 1. The Balaban J connectivity index is 1.87. The van der Waals surface area contributed by atoms with Crippen molar-refractivity contribution in [3.8, 4) is 0 Å². The highest BCUT2D eigenvalue weighted by atomic mass is 35.5. The normalized spacial score (nSPS) is 31.8. The van der Waals surface area contributed by atoms with E-state index in [9.17, 15) is 14.4 Å². The van der Waals surface area contributed by atoms with Gasteiger partial charge in [-0.05, 0) is 18.6 Å². The topological polar surface area (TPSA) is 83.1 Å². The zero-order valence-electron chi connectivity index (χ0n) is 15.8. The Morgan fingerprint density at radius 1 is 1.26 bits per heavy atom. The van der Waals surface area contributed by atoms with Gasteiger partial charge in [0.25, 0.3) is 5.91 Å². The Hall–Kier alpha value is -1.92. The molecule has 0 bridgehead atoms. The quantitative estimate of drug-likeness (QED) is 0.764. The monoisotopic (exact) mass is 390 g/mol. The Morgan fingerprint density at radius 3 is 2.67 bits per heavy atom. The Morgan fingerprint density at radius 2 is 2.00 bits per heavy atom. The number of fused-ring (bicyclic) bond motifs is 4. The molecule has 4 rings (SSSR count). The van der Waals surface area contributed by atoms with Gasteiger partial charge in [0.15, 0.2) is 0 Å². The fourth-order valence-corrected chi connectivity index (χ4v) is 5.30. The first-order valence-electron chi connectivity index (χ1n) is 9.66. The number of nitrogens with zero attached hydrogens (tertiary/aromatic N) is 1. The highest BCUT2D eigenvalue weighted by Gasteiger charge is 2.74. The number of carbonyl (C=O) groups excluding carboxylic acids is 3. The van der Waals surface area contributed by atoms with Crippen LogP contribution in [0.1, 0.15) is 39.2 Å². The van der Waals surface area contributed by atoms with E-state index >= 15 is 0 Å². The van der Waals surface area contributed by atoms with Gasteiger partial charge in [-0.1, -0.05) is 44.9 Å². The Labute approximate surface area is 163 Å². The number of para-hydroxylation sites is 1. The van der Waals surface area contributed by atoms with Crippen molar-refractivity contribution in [2.45, 2.75) is 45.2 Å². The molecule has 27 heavy (non-hydrogen) atoms. The molecule has 0 aliphatic carbocycles. The SMILES string of the molecule is CCCCN1C(=O)[C@@H]2[C@@H](C(C)C)[NH2+][C@@]3(C(=O)Nc4c(Cl)cccc43)[C@@H]2C1=O. The Bertz CT molecular complexity index is 840. The smallest absolute Gasteiger partial charge is 0.291 e. The minimum absolute atomic E-state index is 0.131. The summed E-state index contributed by atoms with van der Waals surface area (Å²) < 4.78 is 0. The number of quaternary nitrogens is 1. The van der Waals surface area contributed by atoms with Crippen LogP contribution in [0.25, 0.3) is 0 Å². The fraction of sp³-hybridized carbons (Fsp3) is 0.550. The largest absolute Gasteiger partial charge is 0.326 e. The van der Waals surface area contributed by atoms with Crippen LogP contribution >= 0.6 is 11.6 Å². The number of carbonyl (C=O) groups is 3. The standard InChI is InChI=1S/C20H24ClN3O3/c1-4-5-9-24-17(25)13-14(18(24)26)20(23-15(13)10(2)3)11-7-6-8-12(21)16(11)22-19(20)27/h6-8,10,13-15,23H,4-5,9H2,1-3H3,(H,22,27)/p+1/t13-,14-,15+,20+/m0/s1. The van der Waals surface area contributed by atoms with Crippen LogP contribution in [0.2, 0.25) is 5.02 Å². The molecule has 0 unspecified atom stereocenters. The molecule has 3 aliphatic rings. The van der Waals surface area contributed by atoms with Gasteiger partial charge in [0, 0.05) is 18.0 Å². The molecule has 0 saturated carbocycles. The van der Waals surface area contributed by atoms with Gasteiger partial charge in [0.2, 0.25) is 17.4 Å². The van der Waals surface area contributed by atoms with Crippen molar-refractivity contribution in [2.24, 2.45) is 17.8 Å². The highest BCUT2D eigenvalue weighted by Crippen LogP contribution is 2.51. The minimum Gasteiger partial charge on any atom is -0.326 e. The van der Waals surface area contributed by atoms with Crippen molar-refractivity contribution in [2.75, 3.05) is 11.9 Å². The molecule has 1 spiro atoms. The van der Waals surface area contributed by atoms with E-state index in [1.54, 1.807) is 12.1 Å². The predicted octanol–water partition coefficient (Wildman–Crippen LogP) is 1.49. The minimum atomic E-state index is -1.12. The number of nitrogens with one attached hydrogen (secondary N) is 1. The van der Waals surface area contributed by atoms with Crippen LogP contribution in [-0.4, -0.2) is 35.2 Å². The number of anilines is 1. The zero-order valence-corrected chi connectivity index (χ0v) is 16.5. The third-order valence-electron chi connectivity index (χ3n) is 6.38. The molecule has 0 aromatic heterocycles. The first-order valence-corrected chi connectivity index (χ1v) is 10.0. The van der Waals surface area contributed by atoms with E-state index in [1.807, 2.05) is 32.2 Å². The summed E-state index contributed by atoms with van der Waals surface area (Å²) in [6.45, 7) is 6.53. The van der Waals surface area contributed by atoms with E-state index in [1.165, 1.54) is 4.90 Å². The number of hydrogen-bond acceptors (Lipinski definition) is 3. The van der Waals surface area contributed by atoms with Crippen molar-refractivity contribution in [3.63, 3.8) is 0 Å². The van der Waals surface area contributed by atoms with Crippen LogP contribution in [0, 0.1) is 17.8 Å². The van der Waals surface area contributed by atoms with Crippen molar-refractivity contribution >= 4 is 35.0 Å². The summed E-state index contributed by atoms with van der Waals surface area (Å²) in [4.78, 5) is 41.1. The maximum Gasteiger partial charge on any atom is 0.291 e. The van der Waals surface area contributed by atoms with E-state index < -0.39 is 17.4 Å². The molecule has 3 heterocycles. The molecule has 3 N–H and O–H groups in total. The lowest BCUT2D eigenvalue weighted by molar-refractivity contribution is -0.738. The number of unbranched alkanes of at least 4 members (excludes halogenated alkanes) is 1. The average molecular weight is 391 g/mol. The summed E-state index contributed by atoms with van der Waals surface area (Å²) >= 11 is 6.31. The summed E-state index contributed by atoms with van der Waals surface area (Å²) in [5.74, 6) is -1.62. The zero-order chi connectivity index (χ0) is 19.5. The number of hydrogen-bond donors (Lipinski definition) is 2. The molecule has 0 radical (unpaired) electrons. The summed E-state index contributed by atoms with van der Waals surface area (Å²) in [6, 6.07) is 5.24. The molecule has 144 valence electrons. The maximum absolute atomic E-state index is 13.3. The molecule has 1 aromatic rings. The third kappa shape index (κ3) is 2.32. The van der Waals surface area contributed by atoms with Crippen molar-refractivity contribution < 1.29 is 19.7 Å². The Kier molecular flexibility index (Phi) is 4.31. The van der Waals surface area contributed by atoms with Crippen molar-refractivity contribution in [1.82, 2.24) is 4.90 Å². The van der Waals surface area contributed by atoms with Crippen LogP contribution in [0.5, 0.6) is 0 Å². The van der Waals surface area contributed by atoms with Crippen LogP contribution in [-0.2, 0) is 19.9 Å². The molecule has 3 amide bonds. The molecule has 2 fully saturated rings. The first kappa shape index (κ1) is 18.4. The molecular formula is C20H25ClN3O3+. The first-order chi connectivity index (χ1) is 12.8.